The number of aryl methyl sites for hydroxylation is 1. The number of nitrogens with one attached hydrogen (secondary N) is 1. The van der Waals surface area contributed by atoms with E-state index in [9.17, 15) is 4.57 Å². The molecule has 0 atom stereocenters. The van der Waals surface area contributed by atoms with Gasteiger partial charge in [-0.25, -0.2) is 0 Å². The predicted molar refractivity (Wildman–Crippen MR) is 77.8 cm³/mol. The van der Waals surface area contributed by atoms with Gasteiger partial charge in [0.05, 0.1) is 11.9 Å². The molecule has 1 aromatic carbocycles. The first kappa shape index (κ1) is 12.8. The van der Waals surface area contributed by atoms with Crippen LogP contribution in [0.25, 0.3) is 0 Å². The molecule has 0 aliphatic heterocycles. The van der Waals surface area contributed by atoms with E-state index in [0.29, 0.717) is 0 Å². The molecule has 4 heteroatoms. The van der Waals surface area contributed by atoms with Gasteiger partial charge in [-0.1, -0.05) is 17.7 Å². The van der Waals surface area contributed by atoms with E-state index in [-0.39, 0.29) is 0 Å². The quantitative estimate of drug-likeness (QED) is 0.860. The molecule has 0 amide bonds. The molecule has 1 heterocycles. The minimum absolute atomic E-state index is 0.815. The fourth-order valence-corrected chi connectivity index (χ4v) is 2.86. The van der Waals surface area contributed by atoms with E-state index < -0.39 is 7.14 Å². The Morgan fingerprint density at radius 2 is 1.78 bits per heavy atom. The minimum atomic E-state index is -2.30. The molecule has 1 N–H and O–H groups in total. The topological polar surface area (TPSA) is 42.0 Å². The van der Waals surface area contributed by atoms with Crippen LogP contribution in [0.5, 0.6) is 0 Å². The first-order chi connectivity index (χ1) is 8.47. The SMILES string of the molecule is Cc1ccc(Nc2cnccc2P(C)(C)=O)cc1. The second-order valence-electron chi connectivity index (χ2n) is 4.73. The van der Waals surface area contributed by atoms with Gasteiger partial charge < -0.3 is 9.88 Å². The average Bonchev–Trinajstić information content (AvgIpc) is 2.31. The van der Waals surface area contributed by atoms with Crippen LogP contribution >= 0.6 is 7.14 Å². The number of anilines is 2. The van der Waals surface area contributed by atoms with Crippen molar-refractivity contribution in [1.29, 1.82) is 0 Å². The van der Waals surface area contributed by atoms with Gasteiger partial charge in [0.1, 0.15) is 7.14 Å². The summed E-state index contributed by atoms with van der Waals surface area (Å²) in [5.74, 6) is 0. The number of aromatic nitrogens is 1. The van der Waals surface area contributed by atoms with Crippen molar-refractivity contribution in [3.63, 3.8) is 0 Å². The van der Waals surface area contributed by atoms with Crippen LogP contribution in [0.3, 0.4) is 0 Å². The van der Waals surface area contributed by atoms with E-state index in [1.165, 1.54) is 5.56 Å². The average molecular weight is 260 g/mol. The van der Waals surface area contributed by atoms with E-state index in [1.807, 2.05) is 37.3 Å². The van der Waals surface area contributed by atoms with E-state index in [4.69, 9.17) is 0 Å². The van der Waals surface area contributed by atoms with E-state index in [0.717, 1.165) is 16.7 Å². The summed E-state index contributed by atoms with van der Waals surface area (Å²) in [5, 5.41) is 4.10. The number of hydrogen-bond acceptors (Lipinski definition) is 3. The summed E-state index contributed by atoms with van der Waals surface area (Å²) in [7, 11) is -2.30. The summed E-state index contributed by atoms with van der Waals surface area (Å²) in [4.78, 5) is 4.09. The van der Waals surface area contributed by atoms with Gasteiger partial charge >= 0.3 is 0 Å². The van der Waals surface area contributed by atoms with Crippen LogP contribution < -0.4 is 10.6 Å². The second kappa shape index (κ2) is 4.95. The number of pyridine rings is 1. The zero-order chi connectivity index (χ0) is 13.2. The summed E-state index contributed by atoms with van der Waals surface area (Å²) in [6.07, 6.45) is 3.39. The van der Waals surface area contributed by atoms with Crippen LogP contribution in [0.15, 0.2) is 42.7 Å². The van der Waals surface area contributed by atoms with Crippen LogP contribution in [0.2, 0.25) is 0 Å². The molecular weight excluding hydrogens is 243 g/mol. The van der Waals surface area contributed by atoms with E-state index in [1.54, 1.807) is 25.7 Å². The first-order valence-corrected chi connectivity index (χ1v) is 8.40. The number of nitrogens with zero attached hydrogens (tertiary/aromatic N) is 1. The lowest BCUT2D eigenvalue weighted by atomic mass is 10.2. The zero-order valence-corrected chi connectivity index (χ0v) is 11.7. The highest BCUT2D eigenvalue weighted by Gasteiger charge is 2.15. The highest BCUT2D eigenvalue weighted by atomic mass is 31.2. The van der Waals surface area contributed by atoms with Gasteiger partial charge in [-0.15, -0.1) is 0 Å². The molecule has 3 nitrogen and oxygen atoms in total. The molecule has 0 saturated carbocycles. The van der Waals surface area contributed by atoms with Crippen LogP contribution in [0.4, 0.5) is 11.4 Å². The first-order valence-electron chi connectivity index (χ1n) is 5.80. The molecule has 94 valence electrons. The summed E-state index contributed by atoms with van der Waals surface area (Å²) in [5.41, 5.74) is 3.00. The molecule has 0 aliphatic carbocycles. The summed E-state index contributed by atoms with van der Waals surface area (Å²) in [6, 6.07) is 9.90. The second-order valence-corrected chi connectivity index (χ2v) is 7.92. The van der Waals surface area contributed by atoms with Crippen molar-refractivity contribution in [3.05, 3.63) is 48.3 Å². The Morgan fingerprint density at radius 1 is 1.11 bits per heavy atom. The molecular formula is C14H17N2OP. The van der Waals surface area contributed by atoms with Crippen molar-refractivity contribution in [1.82, 2.24) is 4.98 Å². The number of hydrogen-bond donors (Lipinski definition) is 1. The Labute approximate surface area is 108 Å². The third kappa shape index (κ3) is 2.99. The van der Waals surface area contributed by atoms with E-state index in [2.05, 4.69) is 10.3 Å². The van der Waals surface area contributed by atoms with Gasteiger partial charge in [-0.05, 0) is 38.5 Å². The molecule has 2 rings (SSSR count). The largest absolute Gasteiger partial charge is 0.354 e. The fourth-order valence-electron chi connectivity index (χ4n) is 1.75. The van der Waals surface area contributed by atoms with E-state index >= 15 is 0 Å². The van der Waals surface area contributed by atoms with Gasteiger partial charge in [0.15, 0.2) is 0 Å². The Morgan fingerprint density at radius 3 is 2.39 bits per heavy atom. The monoisotopic (exact) mass is 260 g/mol. The van der Waals surface area contributed by atoms with Crippen LogP contribution in [-0.4, -0.2) is 18.3 Å². The maximum atomic E-state index is 12.2. The predicted octanol–water partition coefficient (Wildman–Crippen LogP) is 3.38. The molecule has 2 aromatic rings. The molecule has 0 aliphatic rings. The van der Waals surface area contributed by atoms with Gasteiger partial charge in [0.2, 0.25) is 0 Å². The summed E-state index contributed by atoms with van der Waals surface area (Å²) in [6.45, 7) is 5.58. The van der Waals surface area contributed by atoms with Gasteiger partial charge in [-0.2, -0.15) is 0 Å². The molecule has 0 spiro atoms. The molecule has 0 radical (unpaired) electrons. The maximum absolute atomic E-state index is 12.2. The highest BCUT2D eigenvalue weighted by Crippen LogP contribution is 2.37. The third-order valence-corrected chi connectivity index (χ3v) is 4.26. The maximum Gasteiger partial charge on any atom is 0.111 e. The van der Waals surface area contributed by atoms with Crippen LogP contribution in [0, 0.1) is 6.92 Å². The Balaban J connectivity index is 2.35. The lowest BCUT2D eigenvalue weighted by Gasteiger charge is -2.14. The molecule has 0 unspecified atom stereocenters. The summed E-state index contributed by atoms with van der Waals surface area (Å²) < 4.78 is 12.2. The van der Waals surface area contributed by atoms with Crippen LogP contribution in [-0.2, 0) is 4.57 Å². The Kier molecular flexibility index (Phi) is 3.53. The van der Waals surface area contributed by atoms with Gasteiger partial charge in [-0.3, -0.25) is 4.98 Å². The molecule has 0 saturated heterocycles. The lowest BCUT2D eigenvalue weighted by molar-refractivity contribution is 0.588. The number of benzene rings is 1. The minimum Gasteiger partial charge on any atom is -0.354 e. The highest BCUT2D eigenvalue weighted by molar-refractivity contribution is 7.70. The van der Waals surface area contributed by atoms with Crippen molar-refractivity contribution in [2.75, 3.05) is 18.6 Å². The van der Waals surface area contributed by atoms with Crippen LogP contribution in [0.1, 0.15) is 5.56 Å². The van der Waals surface area contributed by atoms with Crippen molar-refractivity contribution in [3.8, 4) is 0 Å². The number of rotatable bonds is 3. The lowest BCUT2D eigenvalue weighted by Crippen LogP contribution is -2.10. The van der Waals surface area contributed by atoms with Gasteiger partial charge in [0, 0.05) is 17.2 Å². The standard InChI is InChI=1S/C14H17N2OP/c1-11-4-6-12(7-5-11)16-13-10-15-9-8-14(13)18(2,3)17/h4-10,16H,1-3H3. The summed E-state index contributed by atoms with van der Waals surface area (Å²) >= 11 is 0. The zero-order valence-electron chi connectivity index (χ0n) is 10.8. The Bertz CT molecular complexity index is 587. The third-order valence-electron chi connectivity index (χ3n) is 2.71. The normalized spacial score (nSPS) is 11.3. The van der Waals surface area contributed by atoms with Crippen molar-refractivity contribution < 1.29 is 4.57 Å². The van der Waals surface area contributed by atoms with Crippen molar-refractivity contribution in [2.45, 2.75) is 6.92 Å². The van der Waals surface area contributed by atoms with Gasteiger partial charge in [0.25, 0.3) is 0 Å². The smallest absolute Gasteiger partial charge is 0.111 e. The fraction of sp³-hybridized carbons (Fsp3) is 0.214. The molecule has 0 fully saturated rings. The van der Waals surface area contributed by atoms with Crippen molar-refractivity contribution in [2.24, 2.45) is 0 Å². The molecule has 18 heavy (non-hydrogen) atoms. The van der Waals surface area contributed by atoms with Crippen molar-refractivity contribution >= 4 is 23.8 Å². The molecule has 0 bridgehead atoms. The molecule has 1 aromatic heterocycles. The Hall–Kier alpha value is -1.60.